The van der Waals surface area contributed by atoms with Crippen LogP contribution in [0.25, 0.3) is 0 Å². The van der Waals surface area contributed by atoms with E-state index >= 15 is 0 Å². The van der Waals surface area contributed by atoms with E-state index in [4.69, 9.17) is 14.2 Å². The van der Waals surface area contributed by atoms with Gasteiger partial charge in [0.1, 0.15) is 0 Å². The minimum absolute atomic E-state index is 0.192. The zero-order chi connectivity index (χ0) is 11.9. The molecule has 0 aromatic carbocycles. The first-order valence-electron chi connectivity index (χ1n) is 5.98. The molecule has 1 aliphatic carbocycles. The van der Waals surface area contributed by atoms with Crippen molar-refractivity contribution in [2.45, 2.75) is 45.2 Å². The summed E-state index contributed by atoms with van der Waals surface area (Å²) in [7, 11) is 1.76. The van der Waals surface area contributed by atoms with Crippen LogP contribution in [-0.2, 0) is 14.2 Å². The van der Waals surface area contributed by atoms with E-state index in [9.17, 15) is 0 Å². The van der Waals surface area contributed by atoms with Gasteiger partial charge in [-0.05, 0) is 13.8 Å². The molecule has 0 aromatic heterocycles. The maximum Gasteiger partial charge on any atom is 0.163 e. The first-order chi connectivity index (χ1) is 7.44. The molecule has 0 amide bonds. The highest BCUT2D eigenvalue weighted by Gasteiger charge is 2.44. The molecule has 0 N–H and O–H groups in total. The molecule has 1 saturated carbocycles. The third kappa shape index (κ3) is 2.04. The van der Waals surface area contributed by atoms with Crippen LogP contribution in [-0.4, -0.2) is 31.7 Å². The quantitative estimate of drug-likeness (QED) is 0.642. The Kier molecular flexibility index (Phi) is 3.12. The standard InChI is InChI=1S/C13H22O3/c1-8-9(2)11(14-5)6-12-10(8)7-15-13(3,4)16-12/h9-12H,1,6-7H2,2-5H3. The molecular weight excluding hydrogens is 204 g/mol. The van der Waals surface area contributed by atoms with E-state index in [1.54, 1.807) is 7.11 Å². The minimum atomic E-state index is -0.472. The molecule has 3 heteroatoms. The lowest BCUT2D eigenvalue weighted by Gasteiger charge is -2.48. The lowest BCUT2D eigenvalue weighted by atomic mass is 9.74. The summed E-state index contributed by atoms with van der Waals surface area (Å²) in [6, 6.07) is 0. The van der Waals surface area contributed by atoms with Gasteiger partial charge in [0.15, 0.2) is 5.79 Å². The van der Waals surface area contributed by atoms with Gasteiger partial charge in [-0.3, -0.25) is 0 Å². The molecular formula is C13H22O3. The number of methoxy groups -OCH3 is 1. The van der Waals surface area contributed by atoms with Crippen molar-refractivity contribution in [3.8, 4) is 0 Å². The Morgan fingerprint density at radius 3 is 2.75 bits per heavy atom. The van der Waals surface area contributed by atoms with Crippen LogP contribution >= 0.6 is 0 Å². The molecule has 1 saturated heterocycles. The summed E-state index contributed by atoms with van der Waals surface area (Å²) < 4.78 is 17.2. The SMILES string of the molecule is C=C1C(C)C(OC)CC2OC(C)(C)OCC12. The predicted molar refractivity (Wildman–Crippen MR) is 62.1 cm³/mol. The van der Waals surface area contributed by atoms with Crippen molar-refractivity contribution in [2.75, 3.05) is 13.7 Å². The lowest BCUT2D eigenvalue weighted by molar-refractivity contribution is -0.298. The maximum atomic E-state index is 5.97. The molecule has 0 bridgehead atoms. The monoisotopic (exact) mass is 226 g/mol. The smallest absolute Gasteiger partial charge is 0.163 e. The zero-order valence-corrected chi connectivity index (χ0v) is 10.7. The molecule has 4 atom stereocenters. The van der Waals surface area contributed by atoms with Crippen molar-refractivity contribution in [2.24, 2.45) is 11.8 Å². The van der Waals surface area contributed by atoms with Gasteiger partial charge in [-0.2, -0.15) is 0 Å². The molecule has 0 spiro atoms. The van der Waals surface area contributed by atoms with Crippen molar-refractivity contribution in [3.63, 3.8) is 0 Å². The van der Waals surface area contributed by atoms with Gasteiger partial charge in [0.05, 0.1) is 18.8 Å². The fourth-order valence-electron chi connectivity index (χ4n) is 2.75. The molecule has 92 valence electrons. The molecule has 16 heavy (non-hydrogen) atoms. The fourth-order valence-corrected chi connectivity index (χ4v) is 2.75. The lowest BCUT2D eigenvalue weighted by Crippen LogP contribution is -2.52. The van der Waals surface area contributed by atoms with Gasteiger partial charge in [0, 0.05) is 25.4 Å². The molecule has 3 nitrogen and oxygen atoms in total. The van der Waals surface area contributed by atoms with Crippen LogP contribution in [0.5, 0.6) is 0 Å². The van der Waals surface area contributed by atoms with E-state index in [1.807, 2.05) is 13.8 Å². The van der Waals surface area contributed by atoms with Crippen molar-refractivity contribution < 1.29 is 14.2 Å². The van der Waals surface area contributed by atoms with Gasteiger partial charge >= 0.3 is 0 Å². The van der Waals surface area contributed by atoms with Crippen LogP contribution in [0.4, 0.5) is 0 Å². The molecule has 2 fully saturated rings. The number of fused-ring (bicyclic) bond motifs is 1. The summed E-state index contributed by atoms with van der Waals surface area (Å²) in [6.45, 7) is 11.0. The Hall–Kier alpha value is -0.380. The Morgan fingerprint density at radius 2 is 2.12 bits per heavy atom. The second kappa shape index (κ2) is 4.13. The Bertz CT molecular complexity index is 285. The topological polar surface area (TPSA) is 27.7 Å². The fraction of sp³-hybridized carbons (Fsp3) is 0.846. The summed E-state index contributed by atoms with van der Waals surface area (Å²) in [5, 5.41) is 0. The minimum Gasteiger partial charge on any atom is -0.381 e. The van der Waals surface area contributed by atoms with Crippen molar-refractivity contribution >= 4 is 0 Å². The van der Waals surface area contributed by atoms with E-state index < -0.39 is 5.79 Å². The highest BCUT2D eigenvalue weighted by molar-refractivity contribution is 5.14. The highest BCUT2D eigenvalue weighted by atomic mass is 16.7. The average Bonchev–Trinajstić information content (AvgIpc) is 2.22. The molecule has 4 unspecified atom stereocenters. The molecule has 1 heterocycles. The summed E-state index contributed by atoms with van der Waals surface area (Å²) in [5.41, 5.74) is 1.21. The third-order valence-electron chi connectivity index (χ3n) is 3.88. The molecule has 1 aliphatic heterocycles. The second-order valence-electron chi connectivity index (χ2n) is 5.35. The largest absolute Gasteiger partial charge is 0.381 e. The van der Waals surface area contributed by atoms with Crippen molar-refractivity contribution in [3.05, 3.63) is 12.2 Å². The van der Waals surface area contributed by atoms with Crippen molar-refractivity contribution in [1.82, 2.24) is 0 Å². The number of ether oxygens (including phenoxy) is 3. The number of hydrogen-bond donors (Lipinski definition) is 0. The summed E-state index contributed by atoms with van der Waals surface area (Å²) >= 11 is 0. The Labute approximate surface area is 97.8 Å². The molecule has 2 rings (SSSR count). The van der Waals surface area contributed by atoms with Crippen LogP contribution < -0.4 is 0 Å². The van der Waals surface area contributed by atoms with Gasteiger partial charge in [-0.1, -0.05) is 19.1 Å². The van der Waals surface area contributed by atoms with E-state index in [2.05, 4.69) is 13.5 Å². The number of hydrogen-bond acceptors (Lipinski definition) is 3. The maximum absolute atomic E-state index is 5.97. The van der Waals surface area contributed by atoms with Crippen LogP contribution in [0.1, 0.15) is 27.2 Å². The van der Waals surface area contributed by atoms with Gasteiger partial charge in [0.2, 0.25) is 0 Å². The molecule has 0 radical (unpaired) electrons. The molecule has 0 aromatic rings. The van der Waals surface area contributed by atoms with Gasteiger partial charge < -0.3 is 14.2 Å². The van der Waals surface area contributed by atoms with Gasteiger partial charge in [0.25, 0.3) is 0 Å². The van der Waals surface area contributed by atoms with E-state index in [0.717, 1.165) is 13.0 Å². The van der Waals surface area contributed by atoms with Crippen LogP contribution in [0, 0.1) is 11.8 Å². The van der Waals surface area contributed by atoms with Crippen LogP contribution in [0.15, 0.2) is 12.2 Å². The first-order valence-corrected chi connectivity index (χ1v) is 5.98. The van der Waals surface area contributed by atoms with Crippen molar-refractivity contribution in [1.29, 1.82) is 0 Å². The predicted octanol–water partition coefficient (Wildman–Crippen LogP) is 2.37. The highest BCUT2D eigenvalue weighted by Crippen LogP contribution is 2.41. The van der Waals surface area contributed by atoms with Gasteiger partial charge in [-0.15, -0.1) is 0 Å². The van der Waals surface area contributed by atoms with Crippen LogP contribution in [0.2, 0.25) is 0 Å². The third-order valence-corrected chi connectivity index (χ3v) is 3.88. The summed E-state index contributed by atoms with van der Waals surface area (Å²) in [4.78, 5) is 0. The first kappa shape index (κ1) is 12.1. The Balaban J connectivity index is 2.14. The van der Waals surface area contributed by atoms with E-state index in [1.165, 1.54) is 5.57 Å². The average molecular weight is 226 g/mol. The normalized spacial score (nSPS) is 42.9. The summed E-state index contributed by atoms with van der Waals surface area (Å²) in [6.07, 6.45) is 1.36. The van der Waals surface area contributed by atoms with Crippen LogP contribution in [0.3, 0.4) is 0 Å². The summed E-state index contributed by atoms with van der Waals surface area (Å²) in [5.74, 6) is 0.245. The second-order valence-corrected chi connectivity index (χ2v) is 5.35. The van der Waals surface area contributed by atoms with Gasteiger partial charge in [-0.25, -0.2) is 0 Å². The number of rotatable bonds is 1. The van der Waals surface area contributed by atoms with E-state index in [-0.39, 0.29) is 12.2 Å². The Morgan fingerprint density at radius 1 is 1.44 bits per heavy atom. The molecule has 2 aliphatic rings. The van der Waals surface area contributed by atoms with E-state index in [0.29, 0.717) is 11.8 Å². The zero-order valence-electron chi connectivity index (χ0n) is 10.7.